The van der Waals surface area contributed by atoms with E-state index in [4.69, 9.17) is 14.2 Å². The van der Waals surface area contributed by atoms with E-state index in [-0.39, 0.29) is 0 Å². The summed E-state index contributed by atoms with van der Waals surface area (Å²) in [5.41, 5.74) is 2.52. The number of hydrogen-bond donors (Lipinski definition) is 0. The average Bonchev–Trinajstić information content (AvgIpc) is 2.85. The lowest BCUT2D eigenvalue weighted by molar-refractivity contribution is 0.323. The molecule has 4 aromatic rings. The predicted octanol–water partition coefficient (Wildman–Crippen LogP) is 7.89. The number of fused-ring (bicyclic) bond motifs is 2. The van der Waals surface area contributed by atoms with Crippen LogP contribution in [0, 0.1) is 13.8 Å². The van der Waals surface area contributed by atoms with Crippen molar-refractivity contribution in [2.24, 2.45) is 0 Å². The number of hydrogen-bond acceptors (Lipinski definition) is 3. The molecule has 0 saturated heterocycles. The van der Waals surface area contributed by atoms with Crippen molar-refractivity contribution in [1.29, 1.82) is 0 Å². The van der Waals surface area contributed by atoms with Crippen molar-refractivity contribution in [3.63, 3.8) is 0 Å². The number of rotatable bonds is 10. The largest absolute Gasteiger partial charge is 0.493 e. The van der Waals surface area contributed by atoms with Crippen LogP contribution in [0.1, 0.15) is 24.0 Å². The molecule has 0 aromatic heterocycles. The summed E-state index contributed by atoms with van der Waals surface area (Å²) < 4.78 is 17.4. The van der Waals surface area contributed by atoms with Crippen LogP contribution >= 0.6 is 0 Å². The maximum Gasteiger partial charge on any atom is 0.127 e. The first-order chi connectivity index (χ1) is 16.2. The normalized spacial score (nSPS) is 11.6. The first-order valence-electron chi connectivity index (χ1n) is 11.4. The van der Waals surface area contributed by atoms with Crippen LogP contribution in [0.3, 0.4) is 0 Å². The van der Waals surface area contributed by atoms with Crippen molar-refractivity contribution in [3.8, 4) is 11.5 Å². The summed E-state index contributed by atoms with van der Waals surface area (Å²) >= 11 is 0. The fourth-order valence-electron chi connectivity index (χ4n) is 3.86. The Morgan fingerprint density at radius 3 is 1.42 bits per heavy atom. The Morgan fingerprint density at radius 1 is 0.545 bits per heavy atom. The molecule has 3 nitrogen and oxygen atoms in total. The molecule has 0 amide bonds. The van der Waals surface area contributed by atoms with Gasteiger partial charge in [0.25, 0.3) is 0 Å². The van der Waals surface area contributed by atoms with E-state index >= 15 is 0 Å². The van der Waals surface area contributed by atoms with Gasteiger partial charge < -0.3 is 14.2 Å². The van der Waals surface area contributed by atoms with E-state index in [1.165, 1.54) is 21.9 Å². The number of benzene rings is 4. The first-order valence-corrected chi connectivity index (χ1v) is 11.4. The van der Waals surface area contributed by atoms with Gasteiger partial charge in [-0.05, 0) is 60.0 Å². The van der Waals surface area contributed by atoms with Crippen molar-refractivity contribution in [3.05, 3.63) is 109 Å². The highest BCUT2D eigenvalue weighted by molar-refractivity contribution is 5.91. The minimum absolute atomic E-state index is 0.606. The highest BCUT2D eigenvalue weighted by Crippen LogP contribution is 2.29. The van der Waals surface area contributed by atoms with Crippen LogP contribution in [-0.2, 0) is 4.74 Å². The Morgan fingerprint density at radius 2 is 0.970 bits per heavy atom. The molecule has 168 valence electrons. The highest BCUT2D eigenvalue weighted by atomic mass is 16.5. The topological polar surface area (TPSA) is 27.7 Å². The molecule has 0 aliphatic heterocycles. The van der Waals surface area contributed by atoms with Gasteiger partial charge in [0.15, 0.2) is 0 Å². The lowest BCUT2D eigenvalue weighted by atomic mass is 10.1. The van der Waals surface area contributed by atoms with Gasteiger partial charge in [0.2, 0.25) is 0 Å². The maximum absolute atomic E-state index is 5.97. The van der Waals surface area contributed by atoms with Gasteiger partial charge in [0.1, 0.15) is 11.5 Å². The van der Waals surface area contributed by atoms with Crippen LogP contribution in [0.5, 0.6) is 11.5 Å². The molecule has 0 radical (unpaired) electrons. The third kappa shape index (κ3) is 5.75. The van der Waals surface area contributed by atoms with Gasteiger partial charge in [0, 0.05) is 23.6 Å². The molecule has 0 fully saturated rings. The summed E-state index contributed by atoms with van der Waals surface area (Å²) in [6.07, 6.45) is 8.88. The highest BCUT2D eigenvalue weighted by Gasteiger charge is 2.04. The third-order valence-corrected chi connectivity index (χ3v) is 5.64. The zero-order valence-electron chi connectivity index (χ0n) is 19.3. The van der Waals surface area contributed by atoms with Crippen LogP contribution < -0.4 is 9.47 Å². The Hall–Kier alpha value is -3.72. The summed E-state index contributed by atoms with van der Waals surface area (Å²) in [5, 5.41) is 4.78. The molecule has 4 aromatic carbocycles. The zero-order valence-corrected chi connectivity index (χ0v) is 19.3. The van der Waals surface area contributed by atoms with E-state index in [9.17, 15) is 0 Å². The summed E-state index contributed by atoms with van der Waals surface area (Å²) in [4.78, 5) is 0. The molecule has 0 aliphatic rings. The third-order valence-electron chi connectivity index (χ3n) is 5.64. The quantitative estimate of drug-likeness (QED) is 0.186. The fourth-order valence-corrected chi connectivity index (χ4v) is 3.86. The van der Waals surface area contributed by atoms with Crippen LogP contribution in [0.25, 0.3) is 21.5 Å². The maximum atomic E-state index is 5.97. The molecular weight excluding hydrogens is 408 g/mol. The van der Waals surface area contributed by atoms with Crippen molar-refractivity contribution in [2.75, 3.05) is 13.2 Å². The molecule has 0 spiro atoms. The van der Waals surface area contributed by atoms with Crippen molar-refractivity contribution in [1.82, 2.24) is 0 Å². The molecule has 0 saturated carbocycles. The molecule has 33 heavy (non-hydrogen) atoms. The fraction of sp³-hybridized carbons (Fsp3) is 0.200. The van der Waals surface area contributed by atoms with Crippen molar-refractivity contribution < 1.29 is 14.2 Å². The molecule has 0 heterocycles. The number of ether oxygens (including phenoxy) is 3. The van der Waals surface area contributed by atoms with Crippen molar-refractivity contribution >= 4 is 21.5 Å². The molecule has 3 heteroatoms. The summed E-state index contributed by atoms with van der Waals surface area (Å²) in [7, 11) is 0. The summed E-state index contributed by atoms with van der Waals surface area (Å²) in [6, 6.07) is 25.0. The Bertz CT molecular complexity index is 1170. The lowest BCUT2D eigenvalue weighted by Crippen LogP contribution is -1.97. The Kier molecular flexibility index (Phi) is 7.65. The van der Waals surface area contributed by atoms with Gasteiger partial charge in [-0.25, -0.2) is 0 Å². The SMILES string of the molecule is Cc1ccc(OCCC=COC=CCCOc2ccc(C)c3ccccc23)c2ccccc12. The monoisotopic (exact) mass is 438 g/mol. The van der Waals surface area contributed by atoms with Gasteiger partial charge in [-0.2, -0.15) is 0 Å². The van der Waals surface area contributed by atoms with E-state index in [0.717, 1.165) is 35.1 Å². The van der Waals surface area contributed by atoms with E-state index in [0.29, 0.717) is 13.2 Å². The second kappa shape index (κ2) is 11.2. The molecule has 0 unspecified atom stereocenters. The number of aryl methyl sites for hydroxylation is 2. The molecule has 0 atom stereocenters. The standard InChI is InChI=1S/C30H30O3/c1-23-15-17-29(27-13-5-3-11-25(23)27)32-21-9-7-19-31-20-8-10-22-33-30-18-16-24(2)26-12-4-6-14-28(26)30/h3-8,11-20H,9-10,21-22H2,1-2H3. The van der Waals surface area contributed by atoms with Gasteiger partial charge in [-0.15, -0.1) is 0 Å². The van der Waals surface area contributed by atoms with Gasteiger partial charge in [-0.1, -0.05) is 60.7 Å². The summed E-state index contributed by atoms with van der Waals surface area (Å²) in [6.45, 7) is 5.45. The molecule has 0 bridgehead atoms. The van der Waals surface area contributed by atoms with E-state index in [1.807, 2.05) is 36.4 Å². The van der Waals surface area contributed by atoms with Crippen molar-refractivity contribution in [2.45, 2.75) is 26.7 Å². The second-order valence-electron chi connectivity index (χ2n) is 8.01. The van der Waals surface area contributed by atoms with Crippen LogP contribution in [0.4, 0.5) is 0 Å². The molecule has 0 aliphatic carbocycles. The van der Waals surface area contributed by atoms with E-state index < -0.39 is 0 Å². The molecule has 4 rings (SSSR count). The Labute approximate surface area is 195 Å². The first kappa shape index (κ1) is 22.5. The van der Waals surface area contributed by atoms with E-state index in [1.54, 1.807) is 12.5 Å². The Balaban J connectivity index is 1.15. The van der Waals surface area contributed by atoms with Gasteiger partial charge in [0.05, 0.1) is 25.7 Å². The summed E-state index contributed by atoms with van der Waals surface area (Å²) in [5.74, 6) is 1.85. The predicted molar refractivity (Wildman–Crippen MR) is 137 cm³/mol. The van der Waals surface area contributed by atoms with Gasteiger partial charge in [-0.3, -0.25) is 0 Å². The molecule has 0 N–H and O–H groups in total. The zero-order chi connectivity index (χ0) is 22.9. The molecular formula is C30H30O3. The van der Waals surface area contributed by atoms with Crippen LogP contribution in [-0.4, -0.2) is 13.2 Å². The van der Waals surface area contributed by atoms with Crippen LogP contribution in [0.2, 0.25) is 0 Å². The van der Waals surface area contributed by atoms with E-state index in [2.05, 4.69) is 62.4 Å². The van der Waals surface area contributed by atoms with Gasteiger partial charge >= 0.3 is 0 Å². The minimum atomic E-state index is 0.606. The average molecular weight is 439 g/mol. The lowest BCUT2D eigenvalue weighted by Gasteiger charge is -2.10. The van der Waals surface area contributed by atoms with Crippen LogP contribution in [0.15, 0.2) is 97.5 Å². The smallest absolute Gasteiger partial charge is 0.127 e. The minimum Gasteiger partial charge on any atom is -0.493 e. The second-order valence-corrected chi connectivity index (χ2v) is 8.01.